The lowest BCUT2D eigenvalue weighted by molar-refractivity contribution is 0.0904. The van der Waals surface area contributed by atoms with Crippen molar-refractivity contribution in [3.8, 4) is 10.8 Å². The van der Waals surface area contributed by atoms with E-state index in [1.165, 1.54) is 11.3 Å². The molecule has 0 aliphatic heterocycles. The van der Waals surface area contributed by atoms with Crippen molar-refractivity contribution in [3.63, 3.8) is 0 Å². The highest BCUT2D eigenvalue weighted by molar-refractivity contribution is 7.14. The van der Waals surface area contributed by atoms with Gasteiger partial charge in [-0.3, -0.25) is 0 Å². The summed E-state index contributed by atoms with van der Waals surface area (Å²) in [6.07, 6.45) is 6.00. The molecule has 2 N–H and O–H groups in total. The Balaban J connectivity index is 1.60. The Morgan fingerprint density at radius 2 is 2.25 bits per heavy atom. The summed E-state index contributed by atoms with van der Waals surface area (Å²) in [6.45, 7) is 2.70. The molecule has 2 heterocycles. The van der Waals surface area contributed by atoms with Gasteiger partial charge in [0.15, 0.2) is 10.8 Å². The van der Waals surface area contributed by atoms with E-state index in [1.807, 2.05) is 25.3 Å². The number of furan rings is 1. The van der Waals surface area contributed by atoms with Crippen LogP contribution in [0.2, 0.25) is 0 Å². The van der Waals surface area contributed by atoms with Crippen LogP contribution in [0.4, 0.5) is 0 Å². The van der Waals surface area contributed by atoms with Gasteiger partial charge in [0.25, 0.3) is 0 Å². The van der Waals surface area contributed by atoms with E-state index in [4.69, 9.17) is 4.42 Å². The van der Waals surface area contributed by atoms with Gasteiger partial charge in [0.1, 0.15) is 5.76 Å². The maximum atomic E-state index is 9.94. The number of aromatic nitrogens is 1. The normalized spacial score (nSPS) is 23.1. The first kappa shape index (κ1) is 13.8. The average molecular weight is 292 g/mol. The Bertz CT molecular complexity index is 564. The quantitative estimate of drug-likeness (QED) is 0.909. The van der Waals surface area contributed by atoms with Crippen LogP contribution in [-0.4, -0.2) is 22.2 Å². The van der Waals surface area contributed by atoms with Gasteiger partial charge in [-0.25, -0.2) is 4.98 Å². The molecular formula is C15H20N2O2S. The monoisotopic (exact) mass is 292 g/mol. The molecule has 5 heteroatoms. The zero-order valence-electron chi connectivity index (χ0n) is 11.6. The van der Waals surface area contributed by atoms with Crippen LogP contribution in [0, 0.1) is 6.92 Å². The van der Waals surface area contributed by atoms with Gasteiger partial charge in [-0.2, -0.15) is 0 Å². The van der Waals surface area contributed by atoms with E-state index in [1.54, 1.807) is 11.3 Å². The third-order valence-corrected chi connectivity index (χ3v) is 4.78. The van der Waals surface area contributed by atoms with Gasteiger partial charge < -0.3 is 14.8 Å². The number of hydrogen-bond acceptors (Lipinski definition) is 5. The summed E-state index contributed by atoms with van der Waals surface area (Å²) in [4.78, 5) is 5.58. The van der Waals surface area contributed by atoms with Gasteiger partial charge in [-0.1, -0.05) is 12.8 Å². The van der Waals surface area contributed by atoms with Crippen LogP contribution < -0.4 is 5.32 Å². The maximum Gasteiger partial charge on any atom is 0.162 e. The van der Waals surface area contributed by atoms with E-state index in [0.29, 0.717) is 0 Å². The van der Waals surface area contributed by atoms with E-state index in [0.717, 1.165) is 42.3 Å². The minimum Gasteiger partial charge on any atom is -0.459 e. The standard InChI is InChI=1S/C15H20N2O2S/c1-10-6-7-14(19-10)15-17-9-11(20-15)8-16-12-4-2-3-5-13(12)18/h6-7,9,12-13,16,18H,2-5,8H2,1H3. The van der Waals surface area contributed by atoms with E-state index in [2.05, 4.69) is 10.3 Å². The molecule has 20 heavy (non-hydrogen) atoms. The molecule has 1 aliphatic carbocycles. The summed E-state index contributed by atoms with van der Waals surface area (Å²) in [6, 6.07) is 4.13. The van der Waals surface area contributed by atoms with Crippen molar-refractivity contribution < 1.29 is 9.52 Å². The van der Waals surface area contributed by atoms with Crippen molar-refractivity contribution in [2.45, 2.75) is 51.3 Å². The van der Waals surface area contributed by atoms with Crippen molar-refractivity contribution in [1.29, 1.82) is 0 Å². The zero-order valence-corrected chi connectivity index (χ0v) is 12.4. The number of aliphatic hydroxyl groups excluding tert-OH is 1. The Labute approximate surface area is 122 Å². The summed E-state index contributed by atoms with van der Waals surface area (Å²) in [5.74, 6) is 1.73. The Kier molecular flexibility index (Phi) is 4.19. The molecule has 1 aliphatic rings. The largest absolute Gasteiger partial charge is 0.459 e. The highest BCUT2D eigenvalue weighted by Gasteiger charge is 2.22. The Morgan fingerprint density at radius 3 is 3.00 bits per heavy atom. The predicted octanol–water partition coefficient (Wildman–Crippen LogP) is 3.10. The van der Waals surface area contributed by atoms with Gasteiger partial charge in [0, 0.05) is 23.7 Å². The van der Waals surface area contributed by atoms with Gasteiger partial charge in [-0.15, -0.1) is 11.3 Å². The second-order valence-corrected chi connectivity index (χ2v) is 6.50. The van der Waals surface area contributed by atoms with Crippen molar-refractivity contribution in [2.24, 2.45) is 0 Å². The molecular weight excluding hydrogens is 272 g/mol. The highest BCUT2D eigenvalue weighted by Crippen LogP contribution is 2.27. The van der Waals surface area contributed by atoms with Gasteiger partial charge in [-0.05, 0) is 31.9 Å². The summed E-state index contributed by atoms with van der Waals surface area (Å²) < 4.78 is 5.58. The number of thiazole rings is 1. The van der Waals surface area contributed by atoms with Crippen molar-refractivity contribution in [1.82, 2.24) is 10.3 Å². The number of rotatable bonds is 4. The lowest BCUT2D eigenvalue weighted by atomic mass is 9.93. The first-order chi connectivity index (χ1) is 9.72. The van der Waals surface area contributed by atoms with E-state index in [9.17, 15) is 5.11 Å². The van der Waals surface area contributed by atoms with Crippen LogP contribution in [0.25, 0.3) is 10.8 Å². The lowest BCUT2D eigenvalue weighted by Crippen LogP contribution is -2.41. The third-order valence-electron chi connectivity index (χ3n) is 3.77. The minimum atomic E-state index is -0.205. The molecule has 1 fully saturated rings. The molecule has 2 aromatic rings. The smallest absolute Gasteiger partial charge is 0.162 e. The van der Waals surface area contributed by atoms with Crippen LogP contribution in [0.3, 0.4) is 0 Å². The Hall–Kier alpha value is -1.17. The Morgan fingerprint density at radius 1 is 1.40 bits per heavy atom. The fourth-order valence-electron chi connectivity index (χ4n) is 2.63. The number of nitrogens with zero attached hydrogens (tertiary/aromatic N) is 1. The molecule has 0 saturated heterocycles. The van der Waals surface area contributed by atoms with Crippen LogP contribution in [0.1, 0.15) is 36.3 Å². The van der Waals surface area contributed by atoms with Gasteiger partial charge in [0.2, 0.25) is 0 Å². The summed E-state index contributed by atoms with van der Waals surface area (Å²) >= 11 is 1.64. The highest BCUT2D eigenvalue weighted by atomic mass is 32.1. The molecule has 2 unspecified atom stereocenters. The first-order valence-corrected chi connectivity index (χ1v) is 7.97. The molecule has 108 valence electrons. The fourth-order valence-corrected chi connectivity index (χ4v) is 3.46. The number of aliphatic hydroxyl groups is 1. The second kappa shape index (κ2) is 6.08. The van der Waals surface area contributed by atoms with Crippen molar-refractivity contribution in [3.05, 3.63) is 29.0 Å². The molecule has 0 aromatic carbocycles. The van der Waals surface area contributed by atoms with Crippen LogP contribution >= 0.6 is 11.3 Å². The maximum absolute atomic E-state index is 9.94. The second-order valence-electron chi connectivity index (χ2n) is 5.38. The molecule has 0 spiro atoms. The van der Waals surface area contributed by atoms with Crippen molar-refractivity contribution >= 4 is 11.3 Å². The first-order valence-electron chi connectivity index (χ1n) is 7.15. The molecule has 0 radical (unpaired) electrons. The molecule has 0 amide bonds. The summed E-state index contributed by atoms with van der Waals surface area (Å²) in [7, 11) is 0. The van der Waals surface area contributed by atoms with Crippen molar-refractivity contribution in [2.75, 3.05) is 0 Å². The predicted molar refractivity (Wildman–Crippen MR) is 79.7 cm³/mol. The molecule has 2 aromatic heterocycles. The van der Waals surface area contributed by atoms with Gasteiger partial charge in [0.05, 0.1) is 6.10 Å². The SMILES string of the molecule is Cc1ccc(-c2ncc(CNC3CCCCC3O)s2)o1. The molecule has 0 bridgehead atoms. The van der Waals surface area contributed by atoms with E-state index >= 15 is 0 Å². The van der Waals surface area contributed by atoms with E-state index in [-0.39, 0.29) is 12.1 Å². The third kappa shape index (κ3) is 3.11. The molecule has 4 nitrogen and oxygen atoms in total. The molecule has 1 saturated carbocycles. The average Bonchev–Trinajstić information content (AvgIpc) is 3.06. The topological polar surface area (TPSA) is 58.3 Å². The van der Waals surface area contributed by atoms with Crippen LogP contribution in [-0.2, 0) is 6.54 Å². The summed E-state index contributed by atoms with van der Waals surface area (Å²) in [5, 5.41) is 14.3. The number of nitrogens with one attached hydrogen (secondary N) is 1. The van der Waals surface area contributed by atoms with Crippen LogP contribution in [0.5, 0.6) is 0 Å². The number of hydrogen-bond donors (Lipinski definition) is 2. The molecule has 2 atom stereocenters. The molecule has 3 rings (SSSR count). The summed E-state index contributed by atoms with van der Waals surface area (Å²) in [5.41, 5.74) is 0. The van der Waals surface area contributed by atoms with Gasteiger partial charge >= 0.3 is 0 Å². The van der Waals surface area contributed by atoms with E-state index < -0.39 is 0 Å². The fraction of sp³-hybridized carbons (Fsp3) is 0.533. The lowest BCUT2D eigenvalue weighted by Gasteiger charge is -2.28. The van der Waals surface area contributed by atoms with Crippen LogP contribution in [0.15, 0.2) is 22.7 Å². The number of aryl methyl sites for hydroxylation is 1. The minimum absolute atomic E-state index is 0.205. The zero-order chi connectivity index (χ0) is 13.9.